The zero-order valence-electron chi connectivity index (χ0n) is 14.1. The minimum atomic E-state index is -0.505. The number of nitrogens with one attached hydrogen (secondary N) is 1. The third kappa shape index (κ3) is 3.57. The van der Waals surface area contributed by atoms with Crippen molar-refractivity contribution in [1.82, 2.24) is 4.90 Å². The van der Waals surface area contributed by atoms with E-state index in [1.807, 2.05) is 12.1 Å². The average Bonchev–Trinajstić information content (AvgIpc) is 2.65. The number of hydrogen-bond donors (Lipinski definition) is 1. The first-order chi connectivity index (χ1) is 12.1. The lowest BCUT2D eigenvalue weighted by Crippen LogP contribution is -2.51. The van der Waals surface area contributed by atoms with E-state index < -0.39 is 4.92 Å². The molecule has 2 aliphatic rings. The van der Waals surface area contributed by atoms with Crippen molar-refractivity contribution >= 4 is 11.4 Å². The first-order valence-corrected chi connectivity index (χ1v) is 8.76. The molecular weight excluding hydrogens is 318 g/mol. The zero-order valence-corrected chi connectivity index (χ0v) is 14.1. The zero-order chi connectivity index (χ0) is 17.8. The lowest BCUT2D eigenvalue weighted by molar-refractivity contribution is -0.384. The summed E-state index contributed by atoms with van der Waals surface area (Å²) in [4.78, 5) is 13.4. The highest BCUT2D eigenvalue weighted by atomic mass is 16.6. The summed E-state index contributed by atoms with van der Waals surface area (Å²) >= 11 is 0. The third-order valence-electron chi connectivity index (χ3n) is 5.32. The fourth-order valence-corrected chi connectivity index (χ4v) is 4.08. The molecule has 2 fully saturated rings. The number of hydrogen-bond acceptors (Lipinski definition) is 6. The Balaban J connectivity index is 1.79. The molecule has 0 unspecified atom stereocenters. The Morgan fingerprint density at radius 2 is 1.88 bits per heavy atom. The molecule has 0 aliphatic carbocycles. The van der Waals surface area contributed by atoms with E-state index in [-0.39, 0.29) is 16.8 Å². The number of nitrogens with zero attached hydrogens (tertiary/aromatic N) is 4. The van der Waals surface area contributed by atoms with Crippen LogP contribution >= 0.6 is 0 Å². The van der Waals surface area contributed by atoms with Crippen molar-refractivity contribution in [2.75, 3.05) is 18.4 Å². The van der Waals surface area contributed by atoms with Gasteiger partial charge in [0.2, 0.25) is 0 Å². The smallest absolute Gasteiger partial charge is 0.293 e. The third-order valence-corrected chi connectivity index (χ3v) is 5.32. The molecule has 2 saturated heterocycles. The fourth-order valence-electron chi connectivity index (χ4n) is 4.08. The number of anilines is 1. The Labute approximate surface area is 147 Å². The molecule has 0 spiro atoms. The van der Waals surface area contributed by atoms with Gasteiger partial charge in [0.15, 0.2) is 0 Å². The summed E-state index contributed by atoms with van der Waals surface area (Å²) in [5, 5.41) is 32.7. The van der Waals surface area contributed by atoms with Crippen LogP contribution in [0, 0.1) is 32.8 Å². The first kappa shape index (κ1) is 17.2. The molecule has 3 rings (SSSR count). The van der Waals surface area contributed by atoms with Crippen LogP contribution in [0.4, 0.5) is 11.4 Å². The maximum Gasteiger partial charge on any atom is 0.293 e. The molecule has 7 heteroatoms. The Hall–Kier alpha value is -2.64. The highest BCUT2D eigenvalue weighted by Crippen LogP contribution is 2.32. The molecule has 25 heavy (non-hydrogen) atoms. The maximum atomic E-state index is 11.3. The van der Waals surface area contributed by atoms with Crippen molar-refractivity contribution in [2.24, 2.45) is 0 Å². The Morgan fingerprint density at radius 3 is 2.60 bits per heavy atom. The molecule has 0 aromatic heterocycles. The van der Waals surface area contributed by atoms with Crippen molar-refractivity contribution in [3.05, 3.63) is 33.4 Å². The standard InChI is InChI=1S/C18H21N5O2/c19-10-13-8-17(18(23(24)25)9-14(13)11-20)21-12-16-6-3-5-15-4-1-2-7-22(15)16/h8-9,15-16,21H,1-7,12H2/t15-,16-/m0/s1. The van der Waals surface area contributed by atoms with Gasteiger partial charge in [0.1, 0.15) is 17.8 Å². The van der Waals surface area contributed by atoms with Gasteiger partial charge in [-0.2, -0.15) is 10.5 Å². The second-order valence-electron chi connectivity index (χ2n) is 6.75. The molecule has 130 valence electrons. The van der Waals surface area contributed by atoms with E-state index in [4.69, 9.17) is 10.5 Å². The summed E-state index contributed by atoms with van der Waals surface area (Å²) in [6.07, 6.45) is 7.25. The lowest BCUT2D eigenvalue weighted by atomic mass is 9.89. The van der Waals surface area contributed by atoms with E-state index in [2.05, 4.69) is 10.2 Å². The number of piperidine rings is 2. The van der Waals surface area contributed by atoms with Gasteiger partial charge in [-0.3, -0.25) is 15.0 Å². The second kappa shape index (κ2) is 7.50. The molecular formula is C18H21N5O2. The number of rotatable bonds is 4. The van der Waals surface area contributed by atoms with Crippen LogP contribution in [0.1, 0.15) is 49.7 Å². The van der Waals surface area contributed by atoms with Gasteiger partial charge in [-0.05, 0) is 38.3 Å². The van der Waals surface area contributed by atoms with Crippen molar-refractivity contribution in [3.8, 4) is 12.1 Å². The van der Waals surface area contributed by atoms with Crippen LogP contribution in [0.5, 0.6) is 0 Å². The molecule has 1 aromatic carbocycles. The summed E-state index contributed by atoms with van der Waals surface area (Å²) < 4.78 is 0. The van der Waals surface area contributed by atoms with Gasteiger partial charge in [0.05, 0.1) is 16.1 Å². The van der Waals surface area contributed by atoms with Gasteiger partial charge in [-0.15, -0.1) is 0 Å². The van der Waals surface area contributed by atoms with Gasteiger partial charge in [-0.1, -0.05) is 12.8 Å². The topological polar surface area (TPSA) is 106 Å². The van der Waals surface area contributed by atoms with Crippen molar-refractivity contribution in [1.29, 1.82) is 10.5 Å². The van der Waals surface area contributed by atoms with Crippen LogP contribution in [-0.2, 0) is 0 Å². The van der Waals surface area contributed by atoms with E-state index in [0.29, 0.717) is 24.3 Å². The predicted octanol–water partition coefficient (Wildman–Crippen LogP) is 3.16. The minimum Gasteiger partial charge on any atom is -0.378 e. The molecule has 2 aliphatic heterocycles. The van der Waals surface area contributed by atoms with Crippen LogP contribution in [0.3, 0.4) is 0 Å². The summed E-state index contributed by atoms with van der Waals surface area (Å²) in [6, 6.07) is 7.40. The van der Waals surface area contributed by atoms with Crippen LogP contribution < -0.4 is 5.32 Å². The van der Waals surface area contributed by atoms with Crippen molar-refractivity contribution < 1.29 is 4.92 Å². The summed E-state index contributed by atoms with van der Waals surface area (Å²) in [7, 11) is 0. The molecule has 2 atom stereocenters. The second-order valence-corrected chi connectivity index (χ2v) is 6.75. The highest BCUT2D eigenvalue weighted by molar-refractivity contribution is 5.68. The minimum absolute atomic E-state index is 0.0357. The average molecular weight is 339 g/mol. The number of nitro benzene ring substituents is 1. The predicted molar refractivity (Wildman–Crippen MR) is 93.0 cm³/mol. The number of nitro groups is 1. The largest absolute Gasteiger partial charge is 0.378 e. The number of benzene rings is 1. The normalized spacial score (nSPS) is 23.1. The van der Waals surface area contributed by atoms with Gasteiger partial charge in [-0.25, -0.2) is 0 Å². The first-order valence-electron chi connectivity index (χ1n) is 8.76. The SMILES string of the molecule is N#Cc1cc(NC[C@@H]2CCC[C@@H]3CCCCN32)c([N+](=O)[O-])cc1C#N. The van der Waals surface area contributed by atoms with Crippen molar-refractivity contribution in [2.45, 2.75) is 50.6 Å². The van der Waals surface area contributed by atoms with Crippen LogP contribution in [0.25, 0.3) is 0 Å². The molecule has 0 saturated carbocycles. The van der Waals surface area contributed by atoms with Crippen LogP contribution in [-0.4, -0.2) is 35.0 Å². The van der Waals surface area contributed by atoms with E-state index in [1.54, 1.807) is 0 Å². The van der Waals surface area contributed by atoms with Gasteiger partial charge in [0.25, 0.3) is 5.69 Å². The van der Waals surface area contributed by atoms with Gasteiger partial charge in [0, 0.05) is 24.7 Å². The van der Waals surface area contributed by atoms with E-state index in [9.17, 15) is 10.1 Å². The van der Waals surface area contributed by atoms with E-state index >= 15 is 0 Å². The van der Waals surface area contributed by atoms with E-state index in [1.165, 1.54) is 44.2 Å². The monoisotopic (exact) mass is 339 g/mol. The maximum absolute atomic E-state index is 11.3. The summed E-state index contributed by atoms with van der Waals surface area (Å²) in [5.74, 6) is 0. The molecule has 2 heterocycles. The quantitative estimate of drug-likeness (QED) is 0.667. The number of nitriles is 2. The Morgan fingerprint density at radius 1 is 1.16 bits per heavy atom. The molecule has 0 radical (unpaired) electrons. The summed E-state index contributed by atoms with van der Waals surface area (Å²) in [6.45, 7) is 1.71. The molecule has 7 nitrogen and oxygen atoms in total. The van der Waals surface area contributed by atoms with E-state index in [0.717, 1.165) is 13.0 Å². The summed E-state index contributed by atoms with van der Waals surface area (Å²) in [5.41, 5.74) is 0.366. The fraction of sp³-hybridized carbons (Fsp3) is 0.556. The lowest BCUT2D eigenvalue weighted by Gasteiger charge is -2.45. The van der Waals surface area contributed by atoms with Gasteiger partial charge >= 0.3 is 0 Å². The van der Waals surface area contributed by atoms with Gasteiger partial charge < -0.3 is 5.32 Å². The molecule has 0 bridgehead atoms. The number of fused-ring (bicyclic) bond motifs is 1. The highest BCUT2D eigenvalue weighted by Gasteiger charge is 2.32. The van der Waals surface area contributed by atoms with Crippen molar-refractivity contribution in [3.63, 3.8) is 0 Å². The molecule has 1 N–H and O–H groups in total. The molecule has 1 aromatic rings. The van der Waals surface area contributed by atoms with Crippen LogP contribution in [0.15, 0.2) is 12.1 Å². The Bertz CT molecular complexity index is 747. The Kier molecular flexibility index (Phi) is 5.16. The molecule has 0 amide bonds. The van der Waals surface area contributed by atoms with Crippen LogP contribution in [0.2, 0.25) is 0 Å².